The minimum atomic E-state index is -3.33. The first kappa shape index (κ1) is 15.9. The van der Waals surface area contributed by atoms with Crippen LogP contribution in [-0.2, 0) is 13.6 Å². The van der Waals surface area contributed by atoms with Crippen LogP contribution in [0.2, 0.25) is 0 Å². The maximum Gasteiger partial charge on any atom is 0.351 e. The summed E-state index contributed by atoms with van der Waals surface area (Å²) in [7, 11) is -3.33. The number of nitrogens with two attached hydrogens (primary N) is 1. The van der Waals surface area contributed by atoms with Crippen LogP contribution in [0.1, 0.15) is 30.8 Å². The summed E-state index contributed by atoms with van der Waals surface area (Å²) in [6, 6.07) is 5.69. The molecular formula is C12H19BrNO3P. The summed E-state index contributed by atoms with van der Waals surface area (Å²) in [5, 5.41) is 0. The number of rotatable bonds is 6. The SMILES string of the molecule is CCOP(=O)(OCC)[C@H](N)c1ccc(C)cc1Br. The quantitative estimate of drug-likeness (QED) is 0.798. The Morgan fingerprint density at radius 2 is 1.89 bits per heavy atom. The Balaban J connectivity index is 3.09. The van der Waals surface area contributed by atoms with Crippen molar-refractivity contribution in [1.29, 1.82) is 0 Å². The summed E-state index contributed by atoms with van der Waals surface area (Å²) >= 11 is 3.43. The van der Waals surface area contributed by atoms with Gasteiger partial charge in [-0.3, -0.25) is 4.57 Å². The average Bonchev–Trinajstić information content (AvgIpc) is 2.29. The summed E-state index contributed by atoms with van der Waals surface area (Å²) < 4.78 is 23.9. The predicted octanol–water partition coefficient (Wildman–Crippen LogP) is 3.98. The van der Waals surface area contributed by atoms with E-state index in [9.17, 15) is 4.57 Å². The second-order valence-corrected chi connectivity index (χ2v) is 6.85. The van der Waals surface area contributed by atoms with Gasteiger partial charge in [0.05, 0.1) is 13.2 Å². The van der Waals surface area contributed by atoms with Crippen LogP contribution in [0, 0.1) is 6.92 Å². The molecule has 0 heterocycles. The lowest BCUT2D eigenvalue weighted by molar-refractivity contribution is 0.212. The molecule has 0 aliphatic carbocycles. The molecule has 2 N–H and O–H groups in total. The molecule has 1 aromatic carbocycles. The van der Waals surface area contributed by atoms with E-state index in [-0.39, 0.29) is 0 Å². The average molecular weight is 336 g/mol. The third-order valence-corrected chi connectivity index (χ3v) is 5.32. The smallest absolute Gasteiger partial charge is 0.314 e. The highest BCUT2D eigenvalue weighted by atomic mass is 79.9. The van der Waals surface area contributed by atoms with E-state index in [1.54, 1.807) is 13.8 Å². The van der Waals surface area contributed by atoms with Crippen LogP contribution in [-0.4, -0.2) is 13.2 Å². The number of benzene rings is 1. The highest BCUT2D eigenvalue weighted by Gasteiger charge is 2.34. The normalized spacial score (nSPS) is 13.6. The van der Waals surface area contributed by atoms with Crippen LogP contribution in [0.4, 0.5) is 0 Å². The van der Waals surface area contributed by atoms with Crippen LogP contribution in [0.25, 0.3) is 0 Å². The highest BCUT2D eigenvalue weighted by Crippen LogP contribution is 2.59. The second-order valence-electron chi connectivity index (χ2n) is 3.85. The predicted molar refractivity (Wildman–Crippen MR) is 76.7 cm³/mol. The highest BCUT2D eigenvalue weighted by molar-refractivity contribution is 9.10. The van der Waals surface area contributed by atoms with Crippen molar-refractivity contribution in [3.63, 3.8) is 0 Å². The van der Waals surface area contributed by atoms with E-state index >= 15 is 0 Å². The summed E-state index contributed by atoms with van der Waals surface area (Å²) in [6.07, 6.45) is 0. The van der Waals surface area contributed by atoms with Crippen molar-refractivity contribution in [2.45, 2.75) is 26.6 Å². The van der Waals surface area contributed by atoms with Crippen molar-refractivity contribution in [2.75, 3.05) is 13.2 Å². The van der Waals surface area contributed by atoms with Gasteiger partial charge >= 0.3 is 7.60 Å². The lowest BCUT2D eigenvalue weighted by atomic mass is 10.1. The molecule has 0 saturated heterocycles. The molecule has 0 aromatic heterocycles. The molecule has 0 saturated carbocycles. The van der Waals surface area contributed by atoms with Crippen molar-refractivity contribution in [1.82, 2.24) is 0 Å². The molecule has 0 fully saturated rings. The zero-order chi connectivity index (χ0) is 13.8. The maximum absolute atomic E-state index is 12.6. The Labute approximate surface area is 117 Å². The van der Waals surface area contributed by atoms with Crippen molar-refractivity contribution in [3.8, 4) is 0 Å². The lowest BCUT2D eigenvalue weighted by Gasteiger charge is -2.24. The molecular weight excluding hydrogens is 317 g/mol. The van der Waals surface area contributed by atoms with Gasteiger partial charge in [-0.05, 0) is 38.0 Å². The molecule has 6 heteroatoms. The fraction of sp³-hybridized carbons (Fsp3) is 0.500. The van der Waals surface area contributed by atoms with E-state index in [1.807, 2.05) is 25.1 Å². The van der Waals surface area contributed by atoms with Crippen LogP contribution in [0.3, 0.4) is 0 Å². The van der Waals surface area contributed by atoms with Gasteiger partial charge in [0.1, 0.15) is 5.78 Å². The second kappa shape index (κ2) is 6.83. The van der Waals surface area contributed by atoms with E-state index in [4.69, 9.17) is 14.8 Å². The van der Waals surface area contributed by atoms with Crippen LogP contribution in [0.5, 0.6) is 0 Å². The van der Waals surface area contributed by atoms with E-state index in [2.05, 4.69) is 15.9 Å². The van der Waals surface area contributed by atoms with Gasteiger partial charge in [0.2, 0.25) is 0 Å². The standard InChI is InChI=1S/C12H19BrNO3P/c1-4-16-18(15,17-5-2)12(14)10-7-6-9(3)8-11(10)13/h6-8,12H,4-5,14H2,1-3H3/t12-/m0/s1. The molecule has 1 rings (SSSR count). The van der Waals surface area contributed by atoms with E-state index in [0.29, 0.717) is 13.2 Å². The Bertz CT molecular complexity index is 443. The third-order valence-electron chi connectivity index (χ3n) is 2.43. The summed E-state index contributed by atoms with van der Waals surface area (Å²) in [5.74, 6) is -0.785. The van der Waals surface area contributed by atoms with Crippen molar-refractivity contribution in [2.24, 2.45) is 5.73 Å². The molecule has 0 spiro atoms. The molecule has 0 aliphatic rings. The van der Waals surface area contributed by atoms with E-state index in [0.717, 1.165) is 15.6 Å². The van der Waals surface area contributed by atoms with Gasteiger partial charge < -0.3 is 14.8 Å². The number of halogens is 1. The van der Waals surface area contributed by atoms with Gasteiger partial charge in [0.25, 0.3) is 0 Å². The molecule has 1 atom stereocenters. The summed E-state index contributed by atoms with van der Waals surface area (Å²) in [5.41, 5.74) is 7.88. The van der Waals surface area contributed by atoms with Crippen LogP contribution >= 0.6 is 23.5 Å². The summed E-state index contributed by atoms with van der Waals surface area (Å²) in [6.45, 7) is 6.11. The molecule has 0 amide bonds. The van der Waals surface area contributed by atoms with Gasteiger partial charge in [0.15, 0.2) is 0 Å². The first-order valence-electron chi connectivity index (χ1n) is 5.85. The summed E-state index contributed by atoms with van der Waals surface area (Å²) in [4.78, 5) is 0. The maximum atomic E-state index is 12.6. The molecule has 1 aromatic rings. The number of hydrogen-bond donors (Lipinski definition) is 1. The molecule has 0 aliphatic heterocycles. The largest absolute Gasteiger partial charge is 0.351 e. The fourth-order valence-electron chi connectivity index (χ4n) is 1.60. The zero-order valence-electron chi connectivity index (χ0n) is 10.9. The van der Waals surface area contributed by atoms with Crippen LogP contribution < -0.4 is 5.73 Å². The Kier molecular flexibility index (Phi) is 6.02. The third kappa shape index (κ3) is 3.65. The molecule has 0 bridgehead atoms. The van der Waals surface area contributed by atoms with Gasteiger partial charge in [-0.1, -0.05) is 28.1 Å². The first-order chi connectivity index (χ1) is 8.44. The monoisotopic (exact) mass is 335 g/mol. The van der Waals surface area contributed by atoms with Crippen molar-refractivity contribution >= 4 is 23.5 Å². The van der Waals surface area contributed by atoms with Crippen molar-refractivity contribution < 1.29 is 13.6 Å². The minimum Gasteiger partial charge on any atom is -0.314 e. The van der Waals surface area contributed by atoms with E-state index in [1.165, 1.54) is 0 Å². The first-order valence-corrected chi connectivity index (χ1v) is 8.25. The van der Waals surface area contributed by atoms with Gasteiger partial charge in [-0.25, -0.2) is 0 Å². The van der Waals surface area contributed by atoms with Crippen LogP contribution in [0.15, 0.2) is 22.7 Å². The Morgan fingerprint density at radius 3 is 2.33 bits per heavy atom. The van der Waals surface area contributed by atoms with E-state index < -0.39 is 13.4 Å². The Hall–Kier alpha value is -0.190. The van der Waals surface area contributed by atoms with Gasteiger partial charge in [0, 0.05) is 4.47 Å². The van der Waals surface area contributed by atoms with Gasteiger partial charge in [-0.15, -0.1) is 0 Å². The number of aryl methyl sites for hydroxylation is 1. The lowest BCUT2D eigenvalue weighted by Crippen LogP contribution is -2.15. The fourth-order valence-corrected chi connectivity index (χ4v) is 4.20. The molecule has 0 unspecified atom stereocenters. The minimum absolute atomic E-state index is 0.300. The topological polar surface area (TPSA) is 61.5 Å². The molecule has 18 heavy (non-hydrogen) atoms. The van der Waals surface area contributed by atoms with Gasteiger partial charge in [-0.2, -0.15) is 0 Å². The molecule has 0 radical (unpaired) electrons. The number of hydrogen-bond acceptors (Lipinski definition) is 4. The molecule has 102 valence electrons. The molecule has 4 nitrogen and oxygen atoms in total. The Morgan fingerprint density at radius 1 is 1.33 bits per heavy atom. The zero-order valence-corrected chi connectivity index (χ0v) is 13.3. The van der Waals surface area contributed by atoms with Crippen molar-refractivity contribution in [3.05, 3.63) is 33.8 Å².